The monoisotopic (exact) mass is 308 g/mol. The lowest BCUT2D eigenvalue weighted by atomic mass is 10.0. The molecule has 1 heterocycles. The summed E-state index contributed by atoms with van der Waals surface area (Å²) in [5, 5.41) is 9.48. The van der Waals surface area contributed by atoms with E-state index in [1.165, 1.54) is 44.1 Å². The van der Waals surface area contributed by atoms with E-state index in [2.05, 4.69) is 13.8 Å². The van der Waals surface area contributed by atoms with Crippen molar-refractivity contribution < 1.29 is 9.84 Å². The van der Waals surface area contributed by atoms with Crippen molar-refractivity contribution in [1.29, 1.82) is 0 Å². The Labute approximate surface area is 133 Å². The third-order valence-electron chi connectivity index (χ3n) is 4.11. The second-order valence-electron chi connectivity index (χ2n) is 6.06. The SMILES string of the molecule is CCCCCCCCC1(c2ccc(O)cc2)OC(C)CS1. The highest BCUT2D eigenvalue weighted by molar-refractivity contribution is 8.00. The second kappa shape index (κ2) is 8.09. The number of aromatic hydroxyl groups is 1. The van der Waals surface area contributed by atoms with Crippen LogP contribution in [0.15, 0.2) is 24.3 Å². The van der Waals surface area contributed by atoms with Gasteiger partial charge in [0.05, 0.1) is 6.10 Å². The van der Waals surface area contributed by atoms with Crippen molar-refractivity contribution in [3.8, 4) is 5.75 Å². The number of thioether (sulfide) groups is 1. The van der Waals surface area contributed by atoms with Crippen LogP contribution in [0.2, 0.25) is 0 Å². The third kappa shape index (κ3) is 4.65. The Morgan fingerprint density at radius 3 is 2.43 bits per heavy atom. The molecule has 0 amide bonds. The van der Waals surface area contributed by atoms with Crippen molar-refractivity contribution >= 4 is 11.8 Å². The summed E-state index contributed by atoms with van der Waals surface area (Å²) in [7, 11) is 0. The zero-order valence-electron chi connectivity index (χ0n) is 13.3. The number of rotatable bonds is 8. The Bertz CT molecular complexity index is 418. The van der Waals surface area contributed by atoms with Crippen LogP contribution < -0.4 is 0 Å². The van der Waals surface area contributed by atoms with Gasteiger partial charge in [-0.3, -0.25) is 0 Å². The van der Waals surface area contributed by atoms with Crippen LogP contribution in [0.4, 0.5) is 0 Å². The topological polar surface area (TPSA) is 29.5 Å². The van der Waals surface area contributed by atoms with Crippen LogP contribution in [-0.4, -0.2) is 17.0 Å². The van der Waals surface area contributed by atoms with Gasteiger partial charge in [0.2, 0.25) is 0 Å². The summed E-state index contributed by atoms with van der Waals surface area (Å²) in [5.74, 6) is 1.38. The summed E-state index contributed by atoms with van der Waals surface area (Å²) in [4.78, 5) is -0.197. The Hall–Kier alpha value is -0.670. The fourth-order valence-electron chi connectivity index (χ4n) is 2.93. The minimum Gasteiger partial charge on any atom is -0.508 e. The summed E-state index contributed by atoms with van der Waals surface area (Å²) in [6.45, 7) is 4.40. The third-order valence-corrected chi connectivity index (χ3v) is 5.75. The first kappa shape index (κ1) is 16.7. The molecule has 2 nitrogen and oxygen atoms in total. The van der Waals surface area contributed by atoms with E-state index in [-0.39, 0.29) is 4.93 Å². The number of phenols is 1. The van der Waals surface area contributed by atoms with Crippen LogP contribution in [0.3, 0.4) is 0 Å². The standard InChI is InChI=1S/C18H28O2S/c1-3-4-5-6-7-8-13-18(20-15(2)14-21-18)16-9-11-17(19)12-10-16/h9-12,15,19H,3-8,13-14H2,1-2H3. The number of hydrogen-bond donors (Lipinski definition) is 1. The lowest BCUT2D eigenvalue weighted by molar-refractivity contribution is -0.00783. The molecule has 0 spiro atoms. The predicted octanol–water partition coefficient (Wildman–Crippen LogP) is 5.45. The molecule has 1 aromatic carbocycles. The summed E-state index contributed by atoms with van der Waals surface area (Å²) >= 11 is 1.92. The first-order chi connectivity index (χ1) is 10.2. The van der Waals surface area contributed by atoms with E-state index in [4.69, 9.17) is 4.74 Å². The largest absolute Gasteiger partial charge is 0.508 e. The highest BCUT2D eigenvalue weighted by Gasteiger charge is 2.40. The highest BCUT2D eigenvalue weighted by atomic mass is 32.2. The zero-order chi connectivity index (χ0) is 15.1. The normalized spacial score (nSPS) is 25.3. The minimum atomic E-state index is -0.197. The van der Waals surface area contributed by atoms with E-state index in [0.29, 0.717) is 11.9 Å². The minimum absolute atomic E-state index is 0.197. The average molecular weight is 308 g/mol. The molecular formula is C18H28O2S. The van der Waals surface area contributed by atoms with Crippen LogP contribution in [0.1, 0.15) is 64.4 Å². The second-order valence-corrected chi connectivity index (χ2v) is 7.34. The smallest absolute Gasteiger partial charge is 0.139 e. The van der Waals surface area contributed by atoms with E-state index in [9.17, 15) is 5.11 Å². The first-order valence-corrected chi connectivity index (χ1v) is 9.26. The van der Waals surface area contributed by atoms with E-state index >= 15 is 0 Å². The Morgan fingerprint density at radius 1 is 1.14 bits per heavy atom. The van der Waals surface area contributed by atoms with Gasteiger partial charge < -0.3 is 9.84 Å². The molecule has 0 radical (unpaired) electrons. The first-order valence-electron chi connectivity index (χ1n) is 8.27. The summed E-state index contributed by atoms with van der Waals surface area (Å²) in [5.41, 5.74) is 1.20. The zero-order valence-corrected chi connectivity index (χ0v) is 14.1. The van der Waals surface area contributed by atoms with Gasteiger partial charge in [-0.2, -0.15) is 0 Å². The molecule has 2 unspecified atom stereocenters. The van der Waals surface area contributed by atoms with Crippen molar-refractivity contribution in [3.05, 3.63) is 29.8 Å². The molecule has 1 fully saturated rings. The maximum atomic E-state index is 9.48. The van der Waals surface area contributed by atoms with Crippen molar-refractivity contribution in [1.82, 2.24) is 0 Å². The molecule has 21 heavy (non-hydrogen) atoms. The number of hydrogen-bond acceptors (Lipinski definition) is 3. The summed E-state index contributed by atoms with van der Waals surface area (Å²) in [6, 6.07) is 7.56. The molecule has 1 N–H and O–H groups in total. The number of benzene rings is 1. The number of unbranched alkanes of at least 4 members (excludes halogenated alkanes) is 5. The van der Waals surface area contributed by atoms with Gasteiger partial charge in [-0.1, -0.05) is 51.2 Å². The van der Waals surface area contributed by atoms with E-state index < -0.39 is 0 Å². The maximum Gasteiger partial charge on any atom is 0.139 e. The Kier molecular flexibility index (Phi) is 6.43. The van der Waals surface area contributed by atoms with Gasteiger partial charge >= 0.3 is 0 Å². The van der Waals surface area contributed by atoms with Gasteiger partial charge in [-0.15, -0.1) is 11.8 Å². The molecule has 2 atom stereocenters. The Balaban J connectivity index is 1.93. The Morgan fingerprint density at radius 2 is 1.81 bits per heavy atom. The van der Waals surface area contributed by atoms with E-state index in [1.54, 1.807) is 12.1 Å². The molecule has 1 aliphatic heterocycles. The molecule has 0 aliphatic carbocycles. The molecule has 1 aromatic rings. The predicted molar refractivity (Wildman–Crippen MR) is 90.8 cm³/mol. The maximum absolute atomic E-state index is 9.48. The molecule has 0 bridgehead atoms. The van der Waals surface area contributed by atoms with Crippen LogP contribution in [-0.2, 0) is 9.67 Å². The van der Waals surface area contributed by atoms with Crippen molar-refractivity contribution in [2.75, 3.05) is 5.75 Å². The van der Waals surface area contributed by atoms with E-state index in [0.717, 1.165) is 12.2 Å². The lowest BCUT2D eigenvalue weighted by Crippen LogP contribution is -2.23. The summed E-state index contributed by atoms with van der Waals surface area (Å²) < 4.78 is 6.28. The lowest BCUT2D eigenvalue weighted by Gasteiger charge is -2.29. The van der Waals surface area contributed by atoms with Gasteiger partial charge in [-0.25, -0.2) is 0 Å². The molecule has 3 heteroatoms. The molecule has 0 aromatic heterocycles. The van der Waals surface area contributed by atoms with Gasteiger partial charge in [0.25, 0.3) is 0 Å². The molecular weight excluding hydrogens is 280 g/mol. The van der Waals surface area contributed by atoms with Crippen LogP contribution in [0.5, 0.6) is 5.75 Å². The van der Waals surface area contributed by atoms with Crippen molar-refractivity contribution in [2.45, 2.75) is 69.8 Å². The molecule has 1 aliphatic rings. The quantitative estimate of drug-likeness (QED) is 0.648. The number of phenolic OH excluding ortho intramolecular Hbond substituents is 1. The average Bonchev–Trinajstić information content (AvgIpc) is 2.86. The van der Waals surface area contributed by atoms with Gasteiger partial charge in [0, 0.05) is 5.75 Å². The van der Waals surface area contributed by atoms with Gasteiger partial charge in [-0.05, 0) is 37.5 Å². The van der Waals surface area contributed by atoms with Gasteiger partial charge in [0.15, 0.2) is 0 Å². The van der Waals surface area contributed by atoms with Gasteiger partial charge in [0.1, 0.15) is 10.7 Å². The van der Waals surface area contributed by atoms with Crippen molar-refractivity contribution in [3.63, 3.8) is 0 Å². The highest BCUT2D eigenvalue weighted by Crippen LogP contribution is 2.48. The van der Waals surface area contributed by atoms with Crippen LogP contribution in [0, 0.1) is 0 Å². The number of ether oxygens (including phenoxy) is 1. The van der Waals surface area contributed by atoms with E-state index in [1.807, 2.05) is 23.9 Å². The van der Waals surface area contributed by atoms with Crippen LogP contribution >= 0.6 is 11.8 Å². The van der Waals surface area contributed by atoms with Crippen LogP contribution in [0.25, 0.3) is 0 Å². The fraction of sp³-hybridized carbons (Fsp3) is 0.667. The molecule has 118 valence electrons. The van der Waals surface area contributed by atoms with Crippen molar-refractivity contribution in [2.24, 2.45) is 0 Å². The fourth-order valence-corrected chi connectivity index (χ4v) is 4.32. The molecule has 2 rings (SSSR count). The summed E-state index contributed by atoms with van der Waals surface area (Å²) in [6.07, 6.45) is 9.22. The molecule has 1 saturated heterocycles. The molecule has 0 saturated carbocycles.